The number of nitrogens with zero attached hydrogens (tertiary/aromatic N) is 9. The first-order valence-electron chi connectivity index (χ1n) is 36.6. The Morgan fingerprint density at radius 2 is 0.679 bits per heavy atom. The van der Waals surface area contributed by atoms with Crippen molar-refractivity contribution in [1.82, 2.24) is 34.5 Å². The van der Waals surface area contributed by atoms with Gasteiger partial charge in [0.1, 0.15) is 13.2 Å². The average molecular weight is 1460 g/mol. The highest BCUT2D eigenvalue weighted by Crippen LogP contribution is 2.48. The fourth-order valence-corrected chi connectivity index (χ4v) is 15.3. The summed E-state index contributed by atoms with van der Waals surface area (Å²) in [6.45, 7) is -0.465. The molecule has 2 aliphatic rings. The summed E-state index contributed by atoms with van der Waals surface area (Å²) in [4.78, 5) is 64.1. The van der Waals surface area contributed by atoms with Gasteiger partial charge in [-0.3, -0.25) is 0 Å². The third kappa shape index (κ3) is 12.7. The van der Waals surface area contributed by atoms with Gasteiger partial charge < -0.3 is 23.8 Å². The number of para-hydroxylation sites is 2. The van der Waals surface area contributed by atoms with Crippen LogP contribution < -0.4 is 26.2 Å². The Morgan fingerprint density at radius 3 is 1.09 bits per heavy atom. The predicted molar refractivity (Wildman–Crippen MR) is 436 cm³/mol. The maximum absolute atomic E-state index is 15.5. The molecule has 19 rings (SSSR count). The second kappa shape index (κ2) is 28.5. The van der Waals surface area contributed by atoms with E-state index in [-0.39, 0.29) is 36.3 Å². The molecule has 0 radical (unpaired) electrons. The van der Waals surface area contributed by atoms with Crippen molar-refractivity contribution in [3.8, 4) is 85.1 Å². The average Bonchev–Trinajstić information content (AvgIpc) is 0.737. The molecule has 0 atom stereocenters. The minimum Gasteiger partial charge on any atom is -0.457 e. The second-order valence-corrected chi connectivity index (χ2v) is 27.5. The third-order valence-electron chi connectivity index (χ3n) is 20.6. The normalized spacial score (nSPS) is 12.2. The summed E-state index contributed by atoms with van der Waals surface area (Å²) < 4.78 is 60.7. The number of carbonyl (C=O) groups excluding carboxylic acids is 2. The standard InChI is InChI=1S/C95H61BF3N9O4/c97-95(98,99)71-45-50-81(76(57-71)92-104-89(64-33-17-5-18-34-64)101-90(105-92)65-35-19-6-20-36-65)108-79-46-41-66(51-74(79)75-52-67(42-47-80(75)108)91-102-87(62-29-13-3-14-30-62)100-88(103-91)63-31-15-4-16-32-63)70-55-84-86-85(56-70)107(73-39-23-8-24-40-73)83-49-44-69(94(110)112-59-61-27-11-2-12-28-61)54-78(83)96(86)77-53-68(93(109)111-58-60-25-9-1-10-26-60)43-48-82(77)106(84)72-37-21-7-22-38-72/h1-57H,58-59H2. The molecule has 17 heteroatoms. The number of aromatic nitrogens is 7. The number of rotatable bonds is 16. The quantitative estimate of drug-likeness (QED) is 0.0671. The molecule has 112 heavy (non-hydrogen) atoms. The molecule has 13 nitrogen and oxygen atoms in total. The summed E-state index contributed by atoms with van der Waals surface area (Å²) in [5.74, 6) is 0.905. The number of carbonyl (C=O) groups is 2. The van der Waals surface area contributed by atoms with Crippen LogP contribution in [0.1, 0.15) is 37.4 Å². The molecule has 2 aliphatic heterocycles. The Bertz CT molecular complexity index is 6200. The molecule has 0 unspecified atom stereocenters. The predicted octanol–water partition coefficient (Wildman–Crippen LogP) is 20.6. The summed E-state index contributed by atoms with van der Waals surface area (Å²) >= 11 is 0. The van der Waals surface area contributed by atoms with E-state index in [4.69, 9.17) is 39.4 Å². The number of alkyl halides is 3. The smallest absolute Gasteiger partial charge is 0.416 e. The lowest BCUT2D eigenvalue weighted by molar-refractivity contribution is -0.137. The Kier molecular flexibility index (Phi) is 17.2. The van der Waals surface area contributed by atoms with Crippen molar-refractivity contribution in [3.63, 3.8) is 0 Å². The van der Waals surface area contributed by atoms with Crippen LogP contribution in [0.15, 0.2) is 346 Å². The van der Waals surface area contributed by atoms with Gasteiger partial charge >= 0.3 is 18.1 Å². The van der Waals surface area contributed by atoms with Crippen molar-refractivity contribution in [1.29, 1.82) is 0 Å². The number of esters is 2. The van der Waals surface area contributed by atoms with Gasteiger partial charge in [-0.2, -0.15) is 13.2 Å². The Morgan fingerprint density at radius 1 is 0.321 bits per heavy atom. The zero-order chi connectivity index (χ0) is 75.4. The van der Waals surface area contributed by atoms with Gasteiger partial charge in [0.15, 0.2) is 34.9 Å². The zero-order valence-electron chi connectivity index (χ0n) is 59.7. The topological polar surface area (TPSA) is 141 Å². The summed E-state index contributed by atoms with van der Waals surface area (Å²) in [6, 6.07) is 109. The molecular formula is C95H61BF3N9O4. The van der Waals surface area contributed by atoms with E-state index in [0.717, 1.165) is 107 Å². The van der Waals surface area contributed by atoms with Crippen LogP contribution in [0.2, 0.25) is 0 Å². The van der Waals surface area contributed by atoms with Crippen LogP contribution >= 0.6 is 0 Å². The molecule has 0 N–H and O–H groups in total. The van der Waals surface area contributed by atoms with Gasteiger partial charge in [-0.1, -0.05) is 237 Å². The maximum atomic E-state index is 15.5. The minimum atomic E-state index is -4.76. The SMILES string of the molecule is O=C(OCc1ccccc1)c1ccc2c(c1)B1c3cc(C(=O)OCc4ccccc4)ccc3N(c3ccccc3)c3cc(-c4ccc5c(c4)c4cc(-c6nc(-c7ccccc7)nc(-c7ccccc7)n6)ccc4n5-c4ccc(C(F)(F)F)cc4-c4nc(-c5ccccc5)nc(-c5ccccc5)n4)cc(c31)N2c1ccccc1. The van der Waals surface area contributed by atoms with E-state index in [2.05, 4.69) is 58.3 Å². The van der Waals surface area contributed by atoms with E-state index in [9.17, 15) is 9.59 Å². The molecule has 17 aromatic rings. The Balaban J connectivity index is 0.856. The van der Waals surface area contributed by atoms with E-state index >= 15 is 13.2 Å². The Labute approximate surface area is 642 Å². The lowest BCUT2D eigenvalue weighted by atomic mass is 9.33. The largest absolute Gasteiger partial charge is 0.457 e. The van der Waals surface area contributed by atoms with Crippen molar-refractivity contribution in [2.45, 2.75) is 19.4 Å². The first kappa shape index (κ1) is 67.9. The molecular weight excluding hydrogens is 1400 g/mol. The lowest BCUT2D eigenvalue weighted by Gasteiger charge is -2.44. The van der Waals surface area contributed by atoms with Crippen LogP contribution in [0, 0.1) is 0 Å². The molecule has 14 aromatic carbocycles. The first-order valence-corrected chi connectivity index (χ1v) is 36.6. The van der Waals surface area contributed by atoms with Crippen LogP contribution in [0.3, 0.4) is 0 Å². The van der Waals surface area contributed by atoms with E-state index in [0.29, 0.717) is 62.0 Å². The fraction of sp³-hybridized carbons (Fsp3) is 0.0316. The molecule has 0 saturated carbocycles. The van der Waals surface area contributed by atoms with Crippen molar-refractivity contribution >= 4 is 91.0 Å². The summed E-state index contributed by atoms with van der Waals surface area (Å²) in [5.41, 5.74) is 15.8. The number of hydrogen-bond donors (Lipinski definition) is 0. The highest BCUT2D eigenvalue weighted by Gasteiger charge is 2.45. The van der Waals surface area contributed by atoms with Crippen LogP contribution in [-0.2, 0) is 28.9 Å². The molecule has 0 aliphatic carbocycles. The fourth-order valence-electron chi connectivity index (χ4n) is 15.3. The highest BCUT2D eigenvalue weighted by atomic mass is 19.4. The number of benzene rings is 14. The molecule has 3 aromatic heterocycles. The van der Waals surface area contributed by atoms with E-state index in [1.807, 2.05) is 284 Å². The maximum Gasteiger partial charge on any atom is 0.416 e. The van der Waals surface area contributed by atoms with Crippen molar-refractivity contribution in [2.75, 3.05) is 9.80 Å². The zero-order valence-corrected chi connectivity index (χ0v) is 59.7. The van der Waals surface area contributed by atoms with Gasteiger partial charge in [0.05, 0.1) is 33.4 Å². The van der Waals surface area contributed by atoms with Gasteiger partial charge in [-0.25, -0.2) is 39.5 Å². The molecule has 534 valence electrons. The van der Waals surface area contributed by atoms with Crippen molar-refractivity contribution in [2.24, 2.45) is 0 Å². The monoisotopic (exact) mass is 1460 g/mol. The molecule has 0 bridgehead atoms. The van der Waals surface area contributed by atoms with Crippen LogP contribution in [0.5, 0.6) is 0 Å². The van der Waals surface area contributed by atoms with Crippen molar-refractivity contribution < 1.29 is 32.2 Å². The summed E-state index contributed by atoms with van der Waals surface area (Å²) in [7, 11) is 0. The minimum absolute atomic E-state index is 0.0259. The number of hydrogen-bond acceptors (Lipinski definition) is 12. The third-order valence-corrected chi connectivity index (χ3v) is 20.6. The number of halogens is 3. The lowest BCUT2D eigenvalue weighted by Crippen LogP contribution is -2.61. The summed E-state index contributed by atoms with van der Waals surface area (Å²) in [5, 5.41) is 1.47. The van der Waals surface area contributed by atoms with Crippen LogP contribution in [-0.4, -0.2) is 53.1 Å². The number of ether oxygens (including phenoxy) is 2. The highest BCUT2D eigenvalue weighted by molar-refractivity contribution is 7.00. The Hall–Kier alpha value is -14.7. The van der Waals surface area contributed by atoms with Crippen molar-refractivity contribution in [3.05, 3.63) is 374 Å². The second-order valence-electron chi connectivity index (χ2n) is 27.5. The van der Waals surface area contributed by atoms with Gasteiger partial charge in [0.2, 0.25) is 0 Å². The van der Waals surface area contributed by atoms with E-state index in [1.54, 1.807) is 0 Å². The molecule has 0 spiro atoms. The van der Waals surface area contributed by atoms with E-state index in [1.165, 1.54) is 6.07 Å². The number of anilines is 6. The van der Waals surface area contributed by atoms with Gasteiger partial charge in [-0.05, 0) is 148 Å². The van der Waals surface area contributed by atoms with Crippen LogP contribution in [0.4, 0.5) is 47.3 Å². The number of fused-ring (bicyclic) bond motifs is 7. The van der Waals surface area contributed by atoms with Gasteiger partial charge in [0, 0.05) is 78.3 Å². The van der Waals surface area contributed by atoms with E-state index < -0.39 is 30.4 Å². The van der Waals surface area contributed by atoms with Gasteiger partial charge in [-0.15, -0.1) is 0 Å². The first-order chi connectivity index (χ1) is 55.0. The van der Waals surface area contributed by atoms with Gasteiger partial charge in [0.25, 0.3) is 6.71 Å². The molecule has 0 fully saturated rings. The molecule has 0 amide bonds. The summed E-state index contributed by atoms with van der Waals surface area (Å²) in [6.07, 6.45) is -4.76. The molecule has 5 heterocycles. The molecule has 0 saturated heterocycles. The van der Waals surface area contributed by atoms with Crippen LogP contribution in [0.25, 0.3) is 107 Å².